The van der Waals surface area contributed by atoms with E-state index in [1.54, 1.807) is 23.6 Å². The Balaban J connectivity index is 1.79. The van der Waals surface area contributed by atoms with Gasteiger partial charge in [0.15, 0.2) is 6.79 Å². The standard InChI is InChI=1S/C29H29F5N4O5S/c1-5-23(39)38-15(2)10-36(11-16(38)3)27-20-9-21(29(32,33)34)24(19-7-6-17(30)8-22(19)31)26-25(20)37(28(40)35-27)12-18(13-44-26)42-14-43-41-4/h5-9,15-16,18H,1,10-14H2,2-4H3/t15-,16+,18?. The lowest BCUT2D eigenvalue weighted by molar-refractivity contribution is -0.324. The van der Waals surface area contributed by atoms with Crippen LogP contribution >= 0.6 is 11.8 Å². The van der Waals surface area contributed by atoms with Crippen molar-refractivity contribution in [3.05, 3.63) is 64.6 Å². The Morgan fingerprint density at radius 3 is 2.48 bits per heavy atom. The minimum absolute atomic E-state index is 0.00575. The summed E-state index contributed by atoms with van der Waals surface area (Å²) < 4.78 is 80.4. The minimum Gasteiger partial charge on any atom is -0.352 e. The first kappa shape index (κ1) is 31.9. The van der Waals surface area contributed by atoms with Crippen molar-refractivity contribution >= 4 is 34.4 Å². The monoisotopic (exact) mass is 640 g/mol. The topological polar surface area (TPSA) is 86.1 Å². The fourth-order valence-electron chi connectivity index (χ4n) is 5.87. The number of thioether (sulfide) groups is 1. The molecular formula is C29H29F5N4O5S. The van der Waals surface area contributed by atoms with Crippen molar-refractivity contribution in [2.75, 3.05) is 37.6 Å². The number of halogens is 5. The number of hydrogen-bond acceptors (Lipinski definition) is 8. The van der Waals surface area contributed by atoms with Gasteiger partial charge in [0.1, 0.15) is 17.5 Å². The third-order valence-electron chi connectivity index (χ3n) is 7.62. The highest BCUT2D eigenvalue weighted by Crippen LogP contribution is 2.49. The van der Waals surface area contributed by atoms with Gasteiger partial charge in [-0.1, -0.05) is 6.58 Å². The largest absolute Gasteiger partial charge is 0.417 e. The average Bonchev–Trinajstić information content (AvgIpc) is 3.15. The molecule has 1 fully saturated rings. The van der Waals surface area contributed by atoms with E-state index >= 15 is 4.39 Å². The van der Waals surface area contributed by atoms with Crippen molar-refractivity contribution in [1.82, 2.24) is 14.5 Å². The number of alkyl halides is 3. The Morgan fingerprint density at radius 2 is 1.86 bits per heavy atom. The van der Waals surface area contributed by atoms with E-state index in [2.05, 4.69) is 16.5 Å². The number of benzene rings is 2. The molecule has 0 bridgehead atoms. The summed E-state index contributed by atoms with van der Waals surface area (Å²) in [5, 5.41) is 0.0161. The van der Waals surface area contributed by atoms with Gasteiger partial charge < -0.3 is 14.5 Å². The van der Waals surface area contributed by atoms with Crippen LogP contribution in [0.2, 0.25) is 0 Å². The van der Waals surface area contributed by atoms with Gasteiger partial charge in [-0.05, 0) is 38.1 Å². The van der Waals surface area contributed by atoms with Gasteiger partial charge in [0.05, 0.1) is 30.8 Å². The van der Waals surface area contributed by atoms with E-state index in [0.29, 0.717) is 6.07 Å². The Morgan fingerprint density at radius 1 is 1.16 bits per heavy atom. The normalized spacial score (nSPS) is 20.6. The molecule has 0 radical (unpaired) electrons. The Kier molecular flexibility index (Phi) is 9.03. The smallest absolute Gasteiger partial charge is 0.352 e. The highest BCUT2D eigenvalue weighted by molar-refractivity contribution is 7.99. The second-order valence-electron chi connectivity index (χ2n) is 10.5. The number of nitrogens with zero attached hydrogens (tertiary/aromatic N) is 4. The first-order chi connectivity index (χ1) is 20.8. The van der Waals surface area contributed by atoms with Crippen LogP contribution < -0.4 is 10.6 Å². The SMILES string of the molecule is C=CC(=O)N1[C@H](C)CN(c2nc(=O)n3c4c(c(-c5ccc(F)cc5F)c(C(F)(F)F)cc24)SCC(OCOOC)C3)C[C@@H]1C. The highest BCUT2D eigenvalue weighted by atomic mass is 32.2. The lowest BCUT2D eigenvalue weighted by Gasteiger charge is -2.44. The highest BCUT2D eigenvalue weighted by Gasteiger charge is 2.40. The molecule has 0 N–H and O–H groups in total. The van der Waals surface area contributed by atoms with Crippen molar-refractivity contribution in [2.45, 2.75) is 49.7 Å². The third kappa shape index (κ3) is 5.93. The summed E-state index contributed by atoms with van der Waals surface area (Å²) >= 11 is 0.953. The molecule has 2 aromatic carbocycles. The quantitative estimate of drug-likeness (QED) is 0.0892. The van der Waals surface area contributed by atoms with Gasteiger partial charge in [-0.15, -0.1) is 11.8 Å². The maximum absolute atomic E-state index is 15.2. The molecule has 0 aliphatic carbocycles. The molecule has 1 amide bonds. The molecule has 2 aliphatic heterocycles. The number of ether oxygens (including phenoxy) is 1. The van der Waals surface area contributed by atoms with Gasteiger partial charge >= 0.3 is 11.9 Å². The predicted octanol–water partition coefficient (Wildman–Crippen LogP) is 5.00. The third-order valence-corrected chi connectivity index (χ3v) is 8.85. The van der Waals surface area contributed by atoms with Crippen LogP contribution in [0.1, 0.15) is 19.4 Å². The van der Waals surface area contributed by atoms with E-state index in [4.69, 9.17) is 9.62 Å². The molecular weight excluding hydrogens is 611 g/mol. The molecule has 2 aliphatic rings. The number of piperazine rings is 1. The van der Waals surface area contributed by atoms with Crippen LogP contribution in [0, 0.1) is 11.6 Å². The maximum atomic E-state index is 15.2. The van der Waals surface area contributed by atoms with Gasteiger partial charge in [-0.25, -0.2) is 23.4 Å². The summed E-state index contributed by atoms with van der Waals surface area (Å²) in [6.07, 6.45) is -4.51. The van der Waals surface area contributed by atoms with Crippen LogP contribution in [0.5, 0.6) is 0 Å². The summed E-state index contributed by atoms with van der Waals surface area (Å²) in [5.41, 5.74) is -2.81. The first-order valence-corrected chi connectivity index (χ1v) is 14.6. The molecule has 236 valence electrons. The number of carbonyl (C=O) groups is 1. The second kappa shape index (κ2) is 12.5. The zero-order chi connectivity index (χ0) is 31.9. The van der Waals surface area contributed by atoms with Gasteiger partial charge in [-0.3, -0.25) is 9.36 Å². The summed E-state index contributed by atoms with van der Waals surface area (Å²) in [6.45, 7) is 7.04. The Bertz CT molecular complexity index is 1650. The molecule has 3 heterocycles. The fraction of sp³-hybridized carbons (Fsp3) is 0.414. The van der Waals surface area contributed by atoms with Crippen molar-refractivity contribution in [2.24, 2.45) is 0 Å². The van der Waals surface area contributed by atoms with Gasteiger partial charge in [0, 0.05) is 58.4 Å². The number of hydrogen-bond donors (Lipinski definition) is 0. The van der Waals surface area contributed by atoms with Crippen LogP contribution in [0.25, 0.3) is 22.0 Å². The summed E-state index contributed by atoms with van der Waals surface area (Å²) in [7, 11) is 1.27. The second-order valence-corrected chi connectivity index (χ2v) is 11.6. The molecule has 44 heavy (non-hydrogen) atoms. The van der Waals surface area contributed by atoms with Crippen LogP contribution in [0.15, 0.2) is 46.6 Å². The fourth-order valence-corrected chi connectivity index (χ4v) is 7.14. The molecule has 1 saturated heterocycles. The molecule has 5 rings (SSSR count). The number of carbonyl (C=O) groups excluding carboxylic acids is 1. The summed E-state index contributed by atoms with van der Waals surface area (Å²) in [6, 6.07) is 2.43. The summed E-state index contributed by atoms with van der Waals surface area (Å²) in [4.78, 5) is 43.0. The van der Waals surface area contributed by atoms with Crippen molar-refractivity contribution in [1.29, 1.82) is 0 Å². The molecule has 9 nitrogen and oxygen atoms in total. The molecule has 0 saturated carbocycles. The number of anilines is 1. The number of amides is 1. The van der Waals surface area contributed by atoms with Crippen LogP contribution in [-0.4, -0.2) is 71.3 Å². The van der Waals surface area contributed by atoms with Crippen molar-refractivity contribution in [3.63, 3.8) is 0 Å². The van der Waals surface area contributed by atoms with Crippen molar-refractivity contribution in [3.8, 4) is 11.1 Å². The van der Waals surface area contributed by atoms with Gasteiger partial charge in [0.25, 0.3) is 0 Å². The lowest BCUT2D eigenvalue weighted by Crippen LogP contribution is -2.58. The molecule has 3 atom stereocenters. The predicted molar refractivity (Wildman–Crippen MR) is 153 cm³/mol. The lowest BCUT2D eigenvalue weighted by atomic mass is 9.95. The van der Waals surface area contributed by atoms with E-state index in [-0.39, 0.29) is 71.8 Å². The number of aromatic nitrogens is 2. The molecule has 3 aromatic rings. The molecule has 1 aromatic heterocycles. The van der Waals surface area contributed by atoms with Gasteiger partial charge in [-0.2, -0.15) is 18.2 Å². The maximum Gasteiger partial charge on any atom is 0.417 e. The van der Waals surface area contributed by atoms with Crippen LogP contribution in [0.3, 0.4) is 0 Å². The van der Waals surface area contributed by atoms with Crippen LogP contribution in [-0.2, 0) is 32.0 Å². The van der Waals surface area contributed by atoms with Crippen LogP contribution in [0.4, 0.5) is 27.8 Å². The zero-order valence-corrected chi connectivity index (χ0v) is 24.8. The van der Waals surface area contributed by atoms with E-state index in [1.807, 2.05) is 0 Å². The summed E-state index contributed by atoms with van der Waals surface area (Å²) in [5.74, 6) is -2.37. The van der Waals surface area contributed by atoms with E-state index < -0.39 is 46.3 Å². The van der Waals surface area contributed by atoms with E-state index in [9.17, 15) is 27.2 Å². The first-order valence-electron chi connectivity index (χ1n) is 13.6. The Hall–Kier alpha value is -3.53. The molecule has 1 unspecified atom stereocenters. The minimum atomic E-state index is -4.97. The van der Waals surface area contributed by atoms with E-state index in [1.165, 1.54) is 17.8 Å². The molecule has 15 heteroatoms. The molecule has 0 spiro atoms. The zero-order valence-electron chi connectivity index (χ0n) is 24.0. The van der Waals surface area contributed by atoms with E-state index in [0.717, 1.165) is 30.0 Å². The number of rotatable bonds is 7. The average molecular weight is 641 g/mol. The van der Waals surface area contributed by atoms with Crippen molar-refractivity contribution < 1.29 is 41.3 Å². The Labute approximate surface area is 253 Å². The van der Waals surface area contributed by atoms with Gasteiger partial charge in [0.2, 0.25) is 5.91 Å².